The number of nitrogens with one attached hydrogen (secondary N) is 1. The lowest BCUT2D eigenvalue weighted by molar-refractivity contribution is -0.146. The monoisotopic (exact) mass is 252 g/mol. The molecule has 0 bridgehead atoms. The van der Waals surface area contributed by atoms with E-state index in [1.807, 2.05) is 6.92 Å². The predicted molar refractivity (Wildman–Crippen MR) is 64.0 cm³/mol. The highest BCUT2D eigenvalue weighted by atomic mass is 35.5. The van der Waals surface area contributed by atoms with Crippen LogP contribution in [-0.2, 0) is 14.3 Å². The predicted octanol–water partition coefficient (Wildman–Crippen LogP) is -0.110. The van der Waals surface area contributed by atoms with Crippen LogP contribution in [0.2, 0.25) is 0 Å². The number of nitrogens with zero attached hydrogens (tertiary/aromatic N) is 1. The molecule has 1 amide bonds. The number of methoxy groups -OCH3 is 1. The molecule has 0 aliphatic carbocycles. The standard InChI is InChI=1S/C10H20N2O3.ClH/c1-8(7-14-3)12(2)10(13)9-6-11-4-5-15-9;/h8-9,11H,4-7H2,1-3H3;1H/t8?,9-;/m1./s1. The molecule has 1 unspecified atom stereocenters. The number of hydrogen-bond acceptors (Lipinski definition) is 4. The molecule has 1 N–H and O–H groups in total. The first-order chi connectivity index (χ1) is 7.16. The summed E-state index contributed by atoms with van der Waals surface area (Å²) in [6.45, 7) is 4.52. The van der Waals surface area contributed by atoms with Gasteiger partial charge in [0.1, 0.15) is 6.10 Å². The van der Waals surface area contributed by atoms with Gasteiger partial charge in [-0.3, -0.25) is 4.79 Å². The Bertz CT molecular complexity index is 210. The summed E-state index contributed by atoms with van der Waals surface area (Å²) in [6.07, 6.45) is -0.344. The SMILES string of the molecule is COCC(C)N(C)C(=O)[C@H]1CNCCO1.Cl. The Morgan fingerprint density at radius 3 is 2.88 bits per heavy atom. The van der Waals surface area contributed by atoms with Crippen LogP contribution in [0.5, 0.6) is 0 Å². The van der Waals surface area contributed by atoms with Crippen molar-refractivity contribution in [1.29, 1.82) is 0 Å². The number of ether oxygens (including phenoxy) is 2. The first-order valence-corrected chi connectivity index (χ1v) is 5.24. The number of carbonyl (C=O) groups is 1. The van der Waals surface area contributed by atoms with E-state index in [2.05, 4.69) is 5.32 Å². The Balaban J connectivity index is 0.00000225. The van der Waals surface area contributed by atoms with Gasteiger partial charge in [0.2, 0.25) is 0 Å². The first-order valence-electron chi connectivity index (χ1n) is 5.24. The molecule has 0 aromatic rings. The van der Waals surface area contributed by atoms with Crippen LogP contribution in [0.1, 0.15) is 6.92 Å². The minimum atomic E-state index is -0.344. The van der Waals surface area contributed by atoms with Crippen molar-refractivity contribution in [2.75, 3.05) is 40.5 Å². The Hall–Kier alpha value is -0.360. The average molecular weight is 253 g/mol. The highest BCUT2D eigenvalue weighted by molar-refractivity contribution is 5.85. The molecule has 1 aliphatic rings. The third-order valence-electron chi connectivity index (χ3n) is 2.62. The summed E-state index contributed by atoms with van der Waals surface area (Å²) in [4.78, 5) is 13.6. The van der Waals surface area contributed by atoms with Gasteiger partial charge in [-0.15, -0.1) is 12.4 Å². The Labute approximate surface area is 103 Å². The smallest absolute Gasteiger partial charge is 0.253 e. The van der Waals surface area contributed by atoms with E-state index < -0.39 is 0 Å². The van der Waals surface area contributed by atoms with Gasteiger partial charge in [0, 0.05) is 27.2 Å². The zero-order valence-corrected chi connectivity index (χ0v) is 10.9. The highest BCUT2D eigenvalue weighted by Gasteiger charge is 2.27. The molecule has 2 atom stereocenters. The van der Waals surface area contributed by atoms with E-state index >= 15 is 0 Å². The van der Waals surface area contributed by atoms with E-state index in [-0.39, 0.29) is 30.5 Å². The zero-order valence-electron chi connectivity index (χ0n) is 10.1. The molecule has 1 aliphatic heterocycles. The van der Waals surface area contributed by atoms with Gasteiger partial charge in [0.05, 0.1) is 19.3 Å². The number of morpholine rings is 1. The fourth-order valence-corrected chi connectivity index (χ4v) is 1.52. The van der Waals surface area contributed by atoms with Gasteiger partial charge in [0.25, 0.3) is 5.91 Å². The van der Waals surface area contributed by atoms with Crippen LogP contribution >= 0.6 is 12.4 Å². The molecule has 0 aromatic heterocycles. The molecule has 6 heteroatoms. The van der Waals surface area contributed by atoms with Crippen LogP contribution in [0.25, 0.3) is 0 Å². The van der Waals surface area contributed by atoms with E-state index in [0.29, 0.717) is 19.8 Å². The van der Waals surface area contributed by atoms with Crippen LogP contribution in [-0.4, -0.2) is 63.4 Å². The normalized spacial score (nSPS) is 22.1. The summed E-state index contributed by atoms with van der Waals surface area (Å²) in [5, 5.41) is 3.14. The maximum atomic E-state index is 11.9. The van der Waals surface area contributed by atoms with Gasteiger partial charge in [-0.1, -0.05) is 0 Å². The lowest BCUT2D eigenvalue weighted by Crippen LogP contribution is -2.51. The molecule has 0 aromatic carbocycles. The quantitative estimate of drug-likeness (QED) is 0.759. The van der Waals surface area contributed by atoms with Gasteiger partial charge >= 0.3 is 0 Å². The lowest BCUT2D eigenvalue weighted by atomic mass is 10.2. The van der Waals surface area contributed by atoms with E-state index in [0.717, 1.165) is 6.54 Å². The third kappa shape index (κ3) is 4.25. The number of halogens is 1. The van der Waals surface area contributed by atoms with Crippen LogP contribution in [0.3, 0.4) is 0 Å². The van der Waals surface area contributed by atoms with Gasteiger partial charge in [-0.2, -0.15) is 0 Å². The minimum Gasteiger partial charge on any atom is -0.383 e. The second-order valence-corrected chi connectivity index (χ2v) is 3.82. The van der Waals surface area contributed by atoms with E-state index in [4.69, 9.17) is 9.47 Å². The summed E-state index contributed by atoms with van der Waals surface area (Å²) >= 11 is 0. The lowest BCUT2D eigenvalue weighted by Gasteiger charge is -2.30. The summed E-state index contributed by atoms with van der Waals surface area (Å²) < 4.78 is 10.4. The summed E-state index contributed by atoms with van der Waals surface area (Å²) in [6, 6.07) is 0.0769. The van der Waals surface area contributed by atoms with Crippen molar-refractivity contribution >= 4 is 18.3 Å². The van der Waals surface area contributed by atoms with Crippen LogP contribution in [0.15, 0.2) is 0 Å². The van der Waals surface area contributed by atoms with Crippen molar-refractivity contribution in [2.45, 2.75) is 19.1 Å². The molecule has 1 fully saturated rings. The molecule has 0 saturated carbocycles. The fraction of sp³-hybridized carbons (Fsp3) is 0.900. The minimum absolute atomic E-state index is 0. The van der Waals surface area contributed by atoms with Crippen molar-refractivity contribution in [1.82, 2.24) is 10.2 Å². The van der Waals surface area contributed by atoms with Crippen molar-refractivity contribution in [3.63, 3.8) is 0 Å². The number of likely N-dealkylation sites (N-methyl/N-ethyl adjacent to an activating group) is 1. The molecule has 0 spiro atoms. The largest absolute Gasteiger partial charge is 0.383 e. The number of carbonyl (C=O) groups excluding carboxylic acids is 1. The zero-order chi connectivity index (χ0) is 11.3. The maximum Gasteiger partial charge on any atom is 0.253 e. The van der Waals surface area contributed by atoms with E-state index in [9.17, 15) is 4.79 Å². The van der Waals surface area contributed by atoms with Crippen molar-refractivity contribution in [2.24, 2.45) is 0 Å². The molecule has 16 heavy (non-hydrogen) atoms. The van der Waals surface area contributed by atoms with Gasteiger partial charge in [-0.05, 0) is 6.92 Å². The van der Waals surface area contributed by atoms with Gasteiger partial charge < -0.3 is 19.7 Å². The number of rotatable bonds is 4. The second-order valence-electron chi connectivity index (χ2n) is 3.82. The van der Waals surface area contributed by atoms with Gasteiger partial charge in [-0.25, -0.2) is 0 Å². The molecular formula is C10H21ClN2O3. The van der Waals surface area contributed by atoms with Crippen LogP contribution in [0.4, 0.5) is 0 Å². The van der Waals surface area contributed by atoms with E-state index in [1.165, 1.54) is 0 Å². The maximum absolute atomic E-state index is 11.9. The summed E-state index contributed by atoms with van der Waals surface area (Å²) in [5.74, 6) is 0.0201. The highest BCUT2D eigenvalue weighted by Crippen LogP contribution is 2.04. The first kappa shape index (κ1) is 15.6. The number of amides is 1. The summed E-state index contributed by atoms with van der Waals surface area (Å²) in [5.41, 5.74) is 0. The second kappa shape index (κ2) is 7.84. The summed E-state index contributed by atoms with van der Waals surface area (Å²) in [7, 11) is 3.41. The average Bonchev–Trinajstić information content (AvgIpc) is 2.28. The van der Waals surface area contributed by atoms with E-state index in [1.54, 1.807) is 19.1 Å². The Morgan fingerprint density at radius 1 is 1.69 bits per heavy atom. The number of hydrogen-bond donors (Lipinski definition) is 1. The fourth-order valence-electron chi connectivity index (χ4n) is 1.52. The van der Waals surface area contributed by atoms with Crippen molar-refractivity contribution in [3.05, 3.63) is 0 Å². The molecule has 5 nitrogen and oxygen atoms in total. The van der Waals surface area contributed by atoms with Gasteiger partial charge in [0.15, 0.2) is 0 Å². The topological polar surface area (TPSA) is 50.8 Å². The van der Waals surface area contributed by atoms with Crippen molar-refractivity contribution < 1.29 is 14.3 Å². The molecule has 1 saturated heterocycles. The van der Waals surface area contributed by atoms with Crippen LogP contribution < -0.4 is 5.32 Å². The Morgan fingerprint density at radius 2 is 2.38 bits per heavy atom. The molecule has 1 heterocycles. The van der Waals surface area contributed by atoms with Crippen molar-refractivity contribution in [3.8, 4) is 0 Å². The third-order valence-corrected chi connectivity index (χ3v) is 2.62. The molecular weight excluding hydrogens is 232 g/mol. The molecule has 0 radical (unpaired) electrons. The Kier molecular flexibility index (Phi) is 7.66. The molecule has 1 rings (SSSR count). The molecule has 96 valence electrons. The van der Waals surface area contributed by atoms with Crippen LogP contribution in [0, 0.1) is 0 Å².